The standard InChI is InChI=1S/C16H12BrClN2OS2/c1-3-8-20-14-9(2)10(18)4-5-11(14)23-16(20)19-15(21)12-6-7-13(17)22-12/h3-7H,1,8H2,2H3. The number of aromatic nitrogens is 1. The molecule has 23 heavy (non-hydrogen) atoms. The number of rotatable bonds is 3. The predicted octanol–water partition coefficient (Wildman–Crippen LogP) is 5.42. The minimum atomic E-state index is -0.242. The van der Waals surface area contributed by atoms with Gasteiger partial charge < -0.3 is 4.57 Å². The minimum Gasteiger partial charge on any atom is -0.312 e. The average molecular weight is 428 g/mol. The van der Waals surface area contributed by atoms with E-state index in [2.05, 4.69) is 27.5 Å². The van der Waals surface area contributed by atoms with Crippen molar-refractivity contribution in [1.29, 1.82) is 0 Å². The summed E-state index contributed by atoms with van der Waals surface area (Å²) in [5.74, 6) is -0.242. The van der Waals surface area contributed by atoms with E-state index in [1.807, 2.05) is 29.7 Å². The zero-order valence-electron chi connectivity index (χ0n) is 12.2. The molecule has 0 N–H and O–H groups in total. The lowest BCUT2D eigenvalue weighted by atomic mass is 10.2. The predicted molar refractivity (Wildman–Crippen MR) is 102 cm³/mol. The van der Waals surface area contributed by atoms with E-state index in [-0.39, 0.29) is 5.91 Å². The third-order valence-electron chi connectivity index (χ3n) is 3.32. The molecule has 0 fully saturated rings. The molecule has 3 nitrogen and oxygen atoms in total. The van der Waals surface area contributed by atoms with Gasteiger partial charge in [-0.2, -0.15) is 4.99 Å². The summed E-state index contributed by atoms with van der Waals surface area (Å²) in [6.07, 6.45) is 1.79. The molecule has 2 heterocycles. The van der Waals surface area contributed by atoms with Gasteiger partial charge in [-0.1, -0.05) is 29.0 Å². The Labute approximate surface area is 154 Å². The van der Waals surface area contributed by atoms with Crippen molar-refractivity contribution in [3.05, 3.63) is 61.0 Å². The fraction of sp³-hybridized carbons (Fsp3) is 0.125. The van der Waals surface area contributed by atoms with Crippen molar-refractivity contribution in [2.45, 2.75) is 13.5 Å². The first-order valence-corrected chi connectivity index (χ1v) is 9.55. The summed E-state index contributed by atoms with van der Waals surface area (Å²) in [6.45, 7) is 6.34. The van der Waals surface area contributed by atoms with Crippen LogP contribution in [0.5, 0.6) is 0 Å². The number of carbonyl (C=O) groups is 1. The first-order chi connectivity index (χ1) is 11.0. The summed E-state index contributed by atoms with van der Waals surface area (Å²) in [5, 5.41) is 0.702. The van der Waals surface area contributed by atoms with E-state index in [0.717, 1.165) is 19.6 Å². The Balaban J connectivity index is 2.22. The summed E-state index contributed by atoms with van der Waals surface area (Å²) in [7, 11) is 0. The fourth-order valence-corrected chi connectivity index (χ4v) is 4.79. The van der Waals surface area contributed by atoms with Gasteiger partial charge in [0.1, 0.15) is 0 Å². The lowest BCUT2D eigenvalue weighted by Crippen LogP contribution is -2.16. The Morgan fingerprint density at radius 1 is 1.39 bits per heavy atom. The second-order valence-electron chi connectivity index (χ2n) is 4.82. The van der Waals surface area contributed by atoms with Gasteiger partial charge in [-0.3, -0.25) is 4.79 Å². The molecule has 0 atom stereocenters. The second kappa shape index (κ2) is 6.73. The molecule has 7 heteroatoms. The minimum absolute atomic E-state index is 0.242. The molecule has 3 aromatic rings. The Bertz CT molecular complexity index is 984. The van der Waals surface area contributed by atoms with Gasteiger partial charge in [-0.15, -0.1) is 17.9 Å². The molecule has 3 rings (SSSR count). The topological polar surface area (TPSA) is 34.4 Å². The van der Waals surface area contributed by atoms with Gasteiger partial charge in [0.15, 0.2) is 4.80 Å². The van der Waals surface area contributed by atoms with E-state index < -0.39 is 0 Å². The van der Waals surface area contributed by atoms with E-state index in [4.69, 9.17) is 11.6 Å². The number of halogens is 2. The zero-order chi connectivity index (χ0) is 16.6. The van der Waals surface area contributed by atoms with Crippen LogP contribution in [0.15, 0.2) is 45.7 Å². The van der Waals surface area contributed by atoms with Crippen LogP contribution in [-0.4, -0.2) is 10.5 Å². The Morgan fingerprint density at radius 3 is 2.83 bits per heavy atom. The van der Waals surface area contributed by atoms with Gasteiger partial charge >= 0.3 is 0 Å². The van der Waals surface area contributed by atoms with Crippen LogP contribution in [0, 0.1) is 6.92 Å². The average Bonchev–Trinajstić information content (AvgIpc) is 3.09. The molecule has 0 saturated heterocycles. The quantitative estimate of drug-likeness (QED) is 0.514. The van der Waals surface area contributed by atoms with Crippen molar-refractivity contribution in [2.24, 2.45) is 4.99 Å². The van der Waals surface area contributed by atoms with E-state index in [1.54, 1.807) is 12.1 Å². The third kappa shape index (κ3) is 3.21. The van der Waals surface area contributed by atoms with Crippen LogP contribution >= 0.6 is 50.2 Å². The Kier molecular flexibility index (Phi) is 4.87. The van der Waals surface area contributed by atoms with Crippen molar-refractivity contribution in [3.8, 4) is 0 Å². The highest BCUT2D eigenvalue weighted by Crippen LogP contribution is 2.27. The number of thiazole rings is 1. The molecule has 0 spiro atoms. The van der Waals surface area contributed by atoms with Gasteiger partial charge in [-0.25, -0.2) is 0 Å². The molecule has 0 bridgehead atoms. The number of carbonyl (C=O) groups excluding carboxylic acids is 1. The molecule has 118 valence electrons. The van der Waals surface area contributed by atoms with Gasteiger partial charge in [0.25, 0.3) is 5.91 Å². The molecule has 0 saturated carbocycles. The fourth-order valence-electron chi connectivity index (χ4n) is 2.27. The summed E-state index contributed by atoms with van der Waals surface area (Å²) in [5.41, 5.74) is 1.98. The first-order valence-electron chi connectivity index (χ1n) is 6.75. The molecule has 0 unspecified atom stereocenters. The maximum atomic E-state index is 12.4. The number of aryl methyl sites for hydroxylation is 1. The highest BCUT2D eigenvalue weighted by Gasteiger charge is 2.13. The van der Waals surface area contributed by atoms with Crippen LogP contribution in [-0.2, 0) is 6.54 Å². The first kappa shape index (κ1) is 16.6. The number of nitrogens with zero attached hydrogens (tertiary/aromatic N) is 2. The normalized spacial score (nSPS) is 12.0. The molecule has 0 aliphatic heterocycles. The SMILES string of the molecule is C=CCn1c(=NC(=O)c2ccc(Br)s2)sc2ccc(Cl)c(C)c21. The van der Waals surface area contributed by atoms with Gasteiger partial charge in [0.05, 0.1) is 18.9 Å². The van der Waals surface area contributed by atoms with Crippen LogP contribution in [0.4, 0.5) is 0 Å². The van der Waals surface area contributed by atoms with Crippen molar-refractivity contribution in [3.63, 3.8) is 0 Å². The van der Waals surface area contributed by atoms with Gasteiger partial charge in [0, 0.05) is 11.6 Å². The number of allylic oxidation sites excluding steroid dienone is 1. The van der Waals surface area contributed by atoms with Crippen molar-refractivity contribution in [1.82, 2.24) is 4.57 Å². The Hall–Kier alpha value is -1.21. The lowest BCUT2D eigenvalue weighted by molar-refractivity contribution is 0.100. The molecule has 0 radical (unpaired) electrons. The van der Waals surface area contributed by atoms with Crippen LogP contribution < -0.4 is 4.80 Å². The maximum Gasteiger partial charge on any atom is 0.289 e. The molecule has 0 aliphatic rings. The van der Waals surface area contributed by atoms with Crippen LogP contribution in [0.1, 0.15) is 15.2 Å². The number of thiophene rings is 1. The van der Waals surface area contributed by atoms with E-state index in [9.17, 15) is 4.79 Å². The summed E-state index contributed by atoms with van der Waals surface area (Å²) < 4.78 is 3.94. The molecule has 1 aromatic carbocycles. The molecule has 1 amide bonds. The number of amides is 1. The largest absolute Gasteiger partial charge is 0.312 e. The van der Waals surface area contributed by atoms with Crippen LogP contribution in [0.25, 0.3) is 10.2 Å². The number of fused-ring (bicyclic) bond motifs is 1. The monoisotopic (exact) mass is 426 g/mol. The van der Waals surface area contributed by atoms with Crippen molar-refractivity contribution >= 4 is 66.3 Å². The molecular formula is C16H12BrClN2OS2. The van der Waals surface area contributed by atoms with E-state index >= 15 is 0 Å². The van der Waals surface area contributed by atoms with Gasteiger partial charge in [0.2, 0.25) is 0 Å². The van der Waals surface area contributed by atoms with E-state index in [0.29, 0.717) is 21.2 Å². The van der Waals surface area contributed by atoms with E-state index in [1.165, 1.54) is 22.7 Å². The number of hydrogen-bond donors (Lipinski definition) is 0. The second-order valence-corrected chi connectivity index (χ2v) is 8.70. The smallest absolute Gasteiger partial charge is 0.289 e. The highest BCUT2D eigenvalue weighted by atomic mass is 79.9. The van der Waals surface area contributed by atoms with Crippen molar-refractivity contribution in [2.75, 3.05) is 0 Å². The summed E-state index contributed by atoms with van der Waals surface area (Å²) in [4.78, 5) is 17.9. The molecule has 0 aliphatic carbocycles. The molecular weight excluding hydrogens is 416 g/mol. The van der Waals surface area contributed by atoms with Gasteiger partial charge in [-0.05, 0) is 52.7 Å². The lowest BCUT2D eigenvalue weighted by Gasteiger charge is -2.05. The third-order valence-corrected chi connectivity index (χ3v) is 6.39. The molecule has 2 aromatic heterocycles. The number of hydrogen-bond acceptors (Lipinski definition) is 3. The van der Waals surface area contributed by atoms with Crippen LogP contribution in [0.2, 0.25) is 5.02 Å². The zero-order valence-corrected chi connectivity index (χ0v) is 16.2. The van der Waals surface area contributed by atoms with Crippen molar-refractivity contribution < 1.29 is 4.79 Å². The highest BCUT2D eigenvalue weighted by molar-refractivity contribution is 9.11. The summed E-state index contributed by atoms with van der Waals surface area (Å²) in [6, 6.07) is 7.45. The van der Waals surface area contributed by atoms with Crippen LogP contribution in [0.3, 0.4) is 0 Å². The maximum absolute atomic E-state index is 12.4. The number of benzene rings is 1. The summed E-state index contributed by atoms with van der Waals surface area (Å²) >= 11 is 12.5. The Morgan fingerprint density at radius 2 is 2.17 bits per heavy atom.